The summed E-state index contributed by atoms with van der Waals surface area (Å²) in [6, 6.07) is 9.13. The number of carbonyl (C=O) groups excluding carboxylic acids is 1. The molecule has 0 spiro atoms. The molecule has 3 rings (SSSR count). The van der Waals surface area contributed by atoms with E-state index in [2.05, 4.69) is 5.32 Å². The first-order valence-electron chi connectivity index (χ1n) is 10.6. The van der Waals surface area contributed by atoms with Crippen molar-refractivity contribution in [1.29, 1.82) is 0 Å². The van der Waals surface area contributed by atoms with Gasteiger partial charge in [0, 0.05) is 24.5 Å². The number of nitrogens with zero attached hydrogens (tertiary/aromatic N) is 1. The Labute approximate surface area is 198 Å². The molecule has 2 aromatic carbocycles. The minimum Gasteiger partial charge on any atom is -0.397 e. The Morgan fingerprint density at radius 3 is 2.53 bits per heavy atom. The van der Waals surface area contributed by atoms with Crippen LogP contribution in [-0.4, -0.2) is 36.6 Å². The zero-order valence-electron chi connectivity index (χ0n) is 18.0. The van der Waals surface area contributed by atoms with Crippen LogP contribution in [0.4, 0.5) is 37.7 Å². The quantitative estimate of drug-likeness (QED) is 0.355. The van der Waals surface area contributed by atoms with Crippen LogP contribution in [0.1, 0.15) is 36.3 Å². The number of rotatable bonds is 6. The van der Waals surface area contributed by atoms with Gasteiger partial charge in [0.15, 0.2) is 0 Å². The van der Waals surface area contributed by atoms with E-state index in [9.17, 15) is 31.1 Å². The van der Waals surface area contributed by atoms with Gasteiger partial charge < -0.3 is 16.0 Å². The number of hydrogen-bond donors (Lipinski definition) is 2. The molecule has 34 heavy (non-hydrogen) atoms. The molecule has 2 aromatic rings. The van der Waals surface area contributed by atoms with Gasteiger partial charge in [-0.1, -0.05) is 29.8 Å². The lowest BCUT2D eigenvalue weighted by atomic mass is 9.89. The van der Waals surface area contributed by atoms with Gasteiger partial charge >= 0.3 is 12.4 Å². The van der Waals surface area contributed by atoms with Gasteiger partial charge in [0.05, 0.1) is 22.9 Å². The number of benzene rings is 2. The molecule has 11 heteroatoms. The molecule has 186 valence electrons. The number of anilines is 2. The Hall–Kier alpha value is -2.46. The highest BCUT2D eigenvalue weighted by Crippen LogP contribution is 2.36. The normalized spacial score (nSPS) is 18.5. The van der Waals surface area contributed by atoms with Crippen molar-refractivity contribution in [2.45, 2.75) is 37.5 Å². The van der Waals surface area contributed by atoms with E-state index in [-0.39, 0.29) is 23.8 Å². The molecule has 1 aliphatic heterocycles. The van der Waals surface area contributed by atoms with E-state index in [1.54, 1.807) is 11.0 Å². The van der Waals surface area contributed by atoms with E-state index in [4.69, 9.17) is 17.3 Å². The van der Waals surface area contributed by atoms with Crippen molar-refractivity contribution >= 4 is 28.9 Å². The molecule has 0 saturated carbocycles. The number of alkyl halides is 6. The number of hydrogen-bond acceptors (Lipinski definition) is 3. The molecule has 1 aliphatic rings. The predicted molar refractivity (Wildman–Crippen MR) is 119 cm³/mol. The van der Waals surface area contributed by atoms with Crippen LogP contribution in [0.2, 0.25) is 5.02 Å². The number of nitrogens with one attached hydrogen (secondary N) is 1. The van der Waals surface area contributed by atoms with Crippen molar-refractivity contribution in [2.24, 2.45) is 5.92 Å². The zero-order chi connectivity index (χ0) is 25.1. The van der Waals surface area contributed by atoms with E-state index in [0.717, 1.165) is 12.1 Å². The van der Waals surface area contributed by atoms with E-state index in [0.29, 0.717) is 30.0 Å². The maximum Gasteiger partial charge on any atom is 0.416 e. The molecule has 2 unspecified atom stereocenters. The summed E-state index contributed by atoms with van der Waals surface area (Å²) in [6.07, 6.45) is -8.82. The van der Waals surface area contributed by atoms with Crippen molar-refractivity contribution in [1.82, 2.24) is 4.90 Å². The summed E-state index contributed by atoms with van der Waals surface area (Å²) in [6.45, 7) is 0.121. The summed E-state index contributed by atoms with van der Waals surface area (Å²) in [5.41, 5.74) is 5.70. The summed E-state index contributed by atoms with van der Waals surface area (Å²) in [5.74, 6) is -3.11. The summed E-state index contributed by atoms with van der Waals surface area (Å²) in [4.78, 5) is 13.9. The third kappa shape index (κ3) is 7.02. The van der Waals surface area contributed by atoms with Gasteiger partial charge in [-0.15, -0.1) is 0 Å². The molecular weight excluding hydrogens is 484 g/mol. The first kappa shape index (κ1) is 26.2. The maximum atomic E-state index is 13.7. The number of carbonyl (C=O) groups is 1. The lowest BCUT2D eigenvalue weighted by Gasteiger charge is -2.35. The maximum absolute atomic E-state index is 13.7. The molecule has 1 heterocycles. The van der Waals surface area contributed by atoms with Gasteiger partial charge in [0.2, 0.25) is 5.91 Å². The first-order valence-corrected chi connectivity index (χ1v) is 11.0. The third-order valence-corrected chi connectivity index (χ3v) is 6.09. The van der Waals surface area contributed by atoms with E-state index in [1.165, 1.54) is 24.3 Å². The molecule has 0 radical (unpaired) electrons. The molecule has 0 bridgehead atoms. The van der Waals surface area contributed by atoms with Crippen molar-refractivity contribution in [3.8, 4) is 0 Å². The number of amides is 1. The SMILES string of the molecule is Nc1cc(Cl)ccc1NC(=O)CC(CN1CCCC(c2cccc(C(F)(F)F)c2)C1)C(F)(F)F. The van der Waals surface area contributed by atoms with Crippen molar-refractivity contribution in [3.05, 3.63) is 58.6 Å². The predicted octanol–water partition coefficient (Wildman–Crippen LogP) is 6.33. The standard InChI is InChI=1S/C23H24ClF6N3O/c24-18-6-7-20(19(31)11-18)32-21(34)10-17(23(28,29)30)13-33-8-2-4-15(12-33)14-3-1-5-16(9-14)22(25,26)27/h1,3,5-7,9,11,15,17H,2,4,8,10,12-13,31H2,(H,32,34). The Bertz CT molecular complexity index is 1010. The highest BCUT2D eigenvalue weighted by atomic mass is 35.5. The highest BCUT2D eigenvalue weighted by Gasteiger charge is 2.42. The summed E-state index contributed by atoms with van der Waals surface area (Å²) in [5, 5.41) is 2.71. The topological polar surface area (TPSA) is 58.4 Å². The monoisotopic (exact) mass is 507 g/mol. The van der Waals surface area contributed by atoms with Crippen molar-refractivity contribution in [2.75, 3.05) is 30.7 Å². The summed E-state index contributed by atoms with van der Waals surface area (Å²) < 4.78 is 80.4. The van der Waals surface area contributed by atoms with Gasteiger partial charge in [-0.25, -0.2) is 0 Å². The Kier molecular flexibility index (Phi) is 8.02. The molecular formula is C23H24ClF6N3O. The molecule has 3 N–H and O–H groups in total. The van der Waals surface area contributed by atoms with Gasteiger partial charge in [-0.05, 0) is 55.1 Å². The minimum atomic E-state index is -4.63. The second-order valence-corrected chi connectivity index (χ2v) is 8.88. The molecule has 0 aliphatic carbocycles. The number of piperidine rings is 1. The van der Waals surface area contributed by atoms with E-state index < -0.39 is 42.7 Å². The number of halogens is 7. The average molecular weight is 508 g/mol. The largest absolute Gasteiger partial charge is 0.416 e. The Balaban J connectivity index is 1.67. The summed E-state index contributed by atoms with van der Waals surface area (Å²) in [7, 11) is 0. The first-order chi connectivity index (χ1) is 15.8. The summed E-state index contributed by atoms with van der Waals surface area (Å²) >= 11 is 5.79. The van der Waals surface area contributed by atoms with Gasteiger partial charge in [-0.3, -0.25) is 4.79 Å². The Morgan fingerprint density at radius 2 is 1.88 bits per heavy atom. The lowest BCUT2D eigenvalue weighted by Crippen LogP contribution is -2.42. The molecule has 1 saturated heterocycles. The molecule has 0 aromatic heterocycles. The van der Waals surface area contributed by atoms with Crippen LogP contribution in [0.25, 0.3) is 0 Å². The molecule has 1 fully saturated rings. The van der Waals surface area contributed by atoms with Crippen LogP contribution in [0.3, 0.4) is 0 Å². The number of nitrogen functional groups attached to an aromatic ring is 1. The van der Waals surface area contributed by atoms with Crippen LogP contribution in [0.15, 0.2) is 42.5 Å². The van der Waals surface area contributed by atoms with Crippen molar-refractivity contribution in [3.63, 3.8) is 0 Å². The minimum absolute atomic E-state index is 0.129. The van der Waals surface area contributed by atoms with Gasteiger partial charge in [0.25, 0.3) is 0 Å². The fraction of sp³-hybridized carbons (Fsp3) is 0.435. The fourth-order valence-corrected chi connectivity index (χ4v) is 4.31. The van der Waals surface area contributed by atoms with Crippen LogP contribution >= 0.6 is 11.6 Å². The van der Waals surface area contributed by atoms with Crippen LogP contribution in [0, 0.1) is 5.92 Å². The number of likely N-dealkylation sites (tertiary alicyclic amines) is 1. The third-order valence-electron chi connectivity index (χ3n) is 5.85. The smallest absolute Gasteiger partial charge is 0.397 e. The highest BCUT2D eigenvalue weighted by molar-refractivity contribution is 6.31. The lowest BCUT2D eigenvalue weighted by molar-refractivity contribution is -0.183. The van der Waals surface area contributed by atoms with E-state index in [1.807, 2.05) is 0 Å². The van der Waals surface area contributed by atoms with Crippen LogP contribution < -0.4 is 11.1 Å². The van der Waals surface area contributed by atoms with Gasteiger partial charge in [0.1, 0.15) is 0 Å². The second kappa shape index (κ2) is 10.4. The van der Waals surface area contributed by atoms with E-state index >= 15 is 0 Å². The van der Waals surface area contributed by atoms with Crippen LogP contribution in [-0.2, 0) is 11.0 Å². The zero-order valence-corrected chi connectivity index (χ0v) is 18.8. The number of nitrogens with two attached hydrogens (primary N) is 1. The molecule has 2 atom stereocenters. The average Bonchev–Trinajstić information content (AvgIpc) is 2.74. The van der Waals surface area contributed by atoms with Gasteiger partial charge in [-0.2, -0.15) is 26.3 Å². The molecule has 1 amide bonds. The molecule has 4 nitrogen and oxygen atoms in total. The Morgan fingerprint density at radius 1 is 1.15 bits per heavy atom. The fourth-order valence-electron chi connectivity index (χ4n) is 4.13. The second-order valence-electron chi connectivity index (χ2n) is 8.44. The van der Waals surface area contributed by atoms with Crippen LogP contribution in [0.5, 0.6) is 0 Å². The van der Waals surface area contributed by atoms with Crippen molar-refractivity contribution < 1.29 is 31.1 Å².